The molecule has 0 amide bonds. The van der Waals surface area contributed by atoms with E-state index in [0.717, 1.165) is 18.2 Å². The summed E-state index contributed by atoms with van der Waals surface area (Å²) >= 11 is 5.76. The molecule has 1 aromatic carbocycles. The van der Waals surface area contributed by atoms with E-state index in [0.29, 0.717) is 0 Å². The van der Waals surface area contributed by atoms with Gasteiger partial charge in [-0.2, -0.15) is 4.72 Å². The molecule has 2 N–H and O–H groups in total. The summed E-state index contributed by atoms with van der Waals surface area (Å²) in [6.45, 7) is -0.514. The van der Waals surface area contributed by atoms with Crippen LogP contribution in [-0.4, -0.2) is 20.1 Å². The minimum absolute atomic E-state index is 0.116. The van der Waals surface area contributed by atoms with Crippen LogP contribution in [0.25, 0.3) is 0 Å². The van der Waals surface area contributed by atoms with Gasteiger partial charge >= 0.3 is 0 Å². The quantitative estimate of drug-likeness (QED) is 0.884. The van der Waals surface area contributed by atoms with Crippen LogP contribution in [0.1, 0.15) is 11.8 Å². The van der Waals surface area contributed by atoms with Gasteiger partial charge in [0.1, 0.15) is 22.5 Å². The van der Waals surface area contributed by atoms with Crippen molar-refractivity contribution in [3.63, 3.8) is 0 Å². The molecule has 20 heavy (non-hydrogen) atoms. The zero-order chi connectivity index (χ0) is 14.8. The Morgan fingerprint density at radius 2 is 2.15 bits per heavy atom. The maximum atomic E-state index is 13.2. The second-order valence-corrected chi connectivity index (χ2v) is 6.04. The molecule has 0 saturated carbocycles. The number of halogens is 2. The lowest BCUT2D eigenvalue weighted by Crippen LogP contribution is -2.30. The van der Waals surface area contributed by atoms with Crippen LogP contribution in [0.4, 0.5) is 4.39 Å². The topological polar surface area (TPSA) is 79.5 Å². The standard InChI is InChI=1S/C12H11ClFNO4S/c13-9-4-3-8(14)6-12(9)20(17,18)15-10(7-16)11-2-1-5-19-11/h1-6,10,15-16H,7H2. The first-order valence-electron chi connectivity index (χ1n) is 5.55. The zero-order valence-electron chi connectivity index (χ0n) is 10.1. The molecule has 1 unspecified atom stereocenters. The molecule has 1 atom stereocenters. The second kappa shape index (κ2) is 5.92. The summed E-state index contributed by atoms with van der Waals surface area (Å²) in [5, 5.41) is 9.12. The molecular weight excluding hydrogens is 309 g/mol. The molecule has 108 valence electrons. The van der Waals surface area contributed by atoms with E-state index >= 15 is 0 Å². The third-order valence-electron chi connectivity index (χ3n) is 2.55. The molecule has 5 nitrogen and oxygen atoms in total. The lowest BCUT2D eigenvalue weighted by atomic mass is 10.2. The molecule has 0 saturated heterocycles. The first-order chi connectivity index (χ1) is 9.44. The van der Waals surface area contributed by atoms with Crippen molar-refractivity contribution in [2.75, 3.05) is 6.61 Å². The van der Waals surface area contributed by atoms with Crippen molar-refractivity contribution in [1.82, 2.24) is 4.72 Å². The Labute approximate surface area is 120 Å². The van der Waals surface area contributed by atoms with Gasteiger partial charge in [0.25, 0.3) is 0 Å². The number of furan rings is 1. The van der Waals surface area contributed by atoms with Gasteiger partial charge in [0, 0.05) is 0 Å². The molecule has 0 aliphatic carbocycles. The monoisotopic (exact) mass is 319 g/mol. The van der Waals surface area contributed by atoms with Gasteiger partial charge in [-0.1, -0.05) is 11.6 Å². The highest BCUT2D eigenvalue weighted by Crippen LogP contribution is 2.24. The lowest BCUT2D eigenvalue weighted by Gasteiger charge is -2.15. The van der Waals surface area contributed by atoms with Crippen molar-refractivity contribution in [3.8, 4) is 0 Å². The number of rotatable bonds is 5. The molecular formula is C12H11ClFNO4S. The fraction of sp³-hybridized carbons (Fsp3) is 0.167. The number of aliphatic hydroxyl groups is 1. The van der Waals surface area contributed by atoms with Gasteiger partial charge in [0.05, 0.1) is 17.9 Å². The average molecular weight is 320 g/mol. The Bertz CT molecular complexity index is 687. The van der Waals surface area contributed by atoms with Crippen molar-refractivity contribution in [1.29, 1.82) is 0 Å². The minimum atomic E-state index is -4.09. The van der Waals surface area contributed by atoms with Crippen LogP contribution in [0.15, 0.2) is 45.9 Å². The highest BCUT2D eigenvalue weighted by molar-refractivity contribution is 7.89. The SMILES string of the molecule is O=S(=O)(NC(CO)c1ccco1)c1cc(F)ccc1Cl. The number of hydrogen-bond acceptors (Lipinski definition) is 4. The third kappa shape index (κ3) is 3.18. The Morgan fingerprint density at radius 1 is 1.40 bits per heavy atom. The number of nitrogens with one attached hydrogen (secondary N) is 1. The van der Waals surface area contributed by atoms with Gasteiger partial charge in [0.2, 0.25) is 10.0 Å². The van der Waals surface area contributed by atoms with Crippen molar-refractivity contribution in [2.45, 2.75) is 10.9 Å². The molecule has 0 bridgehead atoms. The largest absolute Gasteiger partial charge is 0.468 e. The zero-order valence-corrected chi connectivity index (χ0v) is 11.7. The average Bonchev–Trinajstić information content (AvgIpc) is 2.92. The van der Waals surface area contributed by atoms with Crippen molar-refractivity contribution < 1.29 is 22.3 Å². The highest BCUT2D eigenvalue weighted by atomic mass is 35.5. The summed E-state index contributed by atoms with van der Waals surface area (Å²) in [5.41, 5.74) is 0. The van der Waals surface area contributed by atoms with E-state index in [-0.39, 0.29) is 10.8 Å². The highest BCUT2D eigenvalue weighted by Gasteiger charge is 2.25. The molecule has 8 heteroatoms. The fourth-order valence-corrected chi connectivity index (χ4v) is 3.32. The molecule has 0 aliphatic heterocycles. The number of aliphatic hydroxyl groups excluding tert-OH is 1. The van der Waals surface area contributed by atoms with Crippen molar-refractivity contribution in [2.24, 2.45) is 0 Å². The second-order valence-electron chi connectivity index (χ2n) is 3.95. The number of hydrogen-bond donors (Lipinski definition) is 2. The minimum Gasteiger partial charge on any atom is -0.468 e. The van der Waals surface area contributed by atoms with E-state index in [1.54, 1.807) is 6.07 Å². The first-order valence-corrected chi connectivity index (χ1v) is 7.42. The van der Waals surface area contributed by atoms with Crippen LogP contribution >= 0.6 is 11.6 Å². The number of benzene rings is 1. The van der Waals surface area contributed by atoms with Gasteiger partial charge in [-0.25, -0.2) is 12.8 Å². The predicted octanol–water partition coefficient (Wildman–Crippen LogP) is 2.08. The summed E-state index contributed by atoms with van der Waals surface area (Å²) in [6.07, 6.45) is 1.35. The van der Waals surface area contributed by atoms with E-state index in [4.69, 9.17) is 16.0 Å². The van der Waals surface area contributed by atoms with E-state index in [1.807, 2.05) is 0 Å². The molecule has 0 spiro atoms. The molecule has 2 rings (SSSR count). The van der Waals surface area contributed by atoms with Crippen LogP contribution in [0, 0.1) is 5.82 Å². The van der Waals surface area contributed by atoms with Crippen LogP contribution < -0.4 is 4.72 Å². The van der Waals surface area contributed by atoms with E-state index < -0.39 is 33.4 Å². The van der Waals surface area contributed by atoms with Gasteiger partial charge in [-0.3, -0.25) is 0 Å². The van der Waals surface area contributed by atoms with Crippen LogP contribution in [0.5, 0.6) is 0 Å². The Balaban J connectivity index is 2.33. The summed E-state index contributed by atoms with van der Waals surface area (Å²) in [7, 11) is -4.09. The molecule has 1 aromatic heterocycles. The maximum absolute atomic E-state index is 13.2. The normalized spacial score (nSPS) is 13.3. The molecule has 0 fully saturated rings. The summed E-state index contributed by atoms with van der Waals surface area (Å²) < 4.78 is 44.7. The van der Waals surface area contributed by atoms with Gasteiger partial charge < -0.3 is 9.52 Å². The molecule has 2 aromatic rings. The fourth-order valence-electron chi connectivity index (χ4n) is 1.61. The Morgan fingerprint density at radius 3 is 2.75 bits per heavy atom. The molecule has 0 aliphatic rings. The van der Waals surface area contributed by atoms with Gasteiger partial charge in [-0.05, 0) is 30.3 Å². The van der Waals surface area contributed by atoms with Crippen molar-refractivity contribution in [3.05, 3.63) is 53.2 Å². The molecule has 0 radical (unpaired) electrons. The summed E-state index contributed by atoms with van der Waals surface area (Å²) in [6, 6.07) is 5.09. The van der Waals surface area contributed by atoms with E-state index in [2.05, 4.69) is 4.72 Å². The van der Waals surface area contributed by atoms with Crippen molar-refractivity contribution >= 4 is 21.6 Å². The first kappa shape index (κ1) is 15.0. The predicted molar refractivity (Wildman–Crippen MR) is 70.3 cm³/mol. The summed E-state index contributed by atoms with van der Waals surface area (Å²) in [5.74, 6) is -0.489. The van der Waals surface area contributed by atoms with E-state index in [9.17, 15) is 17.9 Å². The third-order valence-corrected chi connectivity index (χ3v) is 4.50. The van der Waals surface area contributed by atoms with Crippen LogP contribution in [0.3, 0.4) is 0 Å². The Kier molecular flexibility index (Phi) is 4.44. The smallest absolute Gasteiger partial charge is 0.242 e. The maximum Gasteiger partial charge on any atom is 0.242 e. The van der Waals surface area contributed by atoms with Gasteiger partial charge in [-0.15, -0.1) is 0 Å². The van der Waals surface area contributed by atoms with Gasteiger partial charge in [0.15, 0.2) is 0 Å². The van der Waals surface area contributed by atoms with E-state index in [1.165, 1.54) is 12.3 Å². The van der Waals surface area contributed by atoms with Crippen LogP contribution in [0.2, 0.25) is 5.02 Å². The Hall–Kier alpha value is -1.41. The summed E-state index contributed by atoms with van der Waals surface area (Å²) in [4.78, 5) is -0.399. The lowest BCUT2D eigenvalue weighted by molar-refractivity contribution is 0.242. The van der Waals surface area contributed by atoms with Crippen LogP contribution in [-0.2, 0) is 10.0 Å². The number of sulfonamides is 1. The molecule has 1 heterocycles.